The van der Waals surface area contributed by atoms with E-state index in [2.05, 4.69) is 18.7 Å². The maximum absolute atomic E-state index is 13.5. The highest BCUT2D eigenvalue weighted by Crippen LogP contribution is 2.46. The van der Waals surface area contributed by atoms with Gasteiger partial charge in [0.15, 0.2) is 0 Å². The minimum absolute atomic E-state index is 0.00305. The molecule has 0 aromatic heterocycles. The molecule has 3 atom stereocenters. The van der Waals surface area contributed by atoms with Crippen molar-refractivity contribution in [1.29, 1.82) is 0 Å². The molecule has 1 aliphatic heterocycles. The predicted molar refractivity (Wildman–Crippen MR) is 109 cm³/mol. The van der Waals surface area contributed by atoms with Crippen LogP contribution in [0.15, 0.2) is 71.6 Å². The quantitative estimate of drug-likeness (QED) is 0.727. The second-order valence-electron chi connectivity index (χ2n) is 7.98. The van der Waals surface area contributed by atoms with Crippen molar-refractivity contribution in [1.82, 2.24) is 4.31 Å². The first kappa shape index (κ1) is 18.5. The summed E-state index contributed by atoms with van der Waals surface area (Å²) in [6.07, 6.45) is 4.16. The van der Waals surface area contributed by atoms with E-state index in [0.29, 0.717) is 23.3 Å². The minimum atomic E-state index is -3.55. The first-order valence-corrected chi connectivity index (χ1v) is 11.2. The van der Waals surface area contributed by atoms with Crippen LogP contribution in [0, 0.1) is 18.8 Å². The van der Waals surface area contributed by atoms with Gasteiger partial charge in [-0.2, -0.15) is 4.31 Å². The van der Waals surface area contributed by atoms with Gasteiger partial charge in [-0.25, -0.2) is 8.42 Å². The van der Waals surface area contributed by atoms with Gasteiger partial charge < -0.3 is 0 Å². The van der Waals surface area contributed by atoms with E-state index in [0.717, 1.165) is 36.8 Å². The molecule has 1 saturated carbocycles. The summed E-state index contributed by atoms with van der Waals surface area (Å²) in [7, 11) is -3.55. The van der Waals surface area contributed by atoms with Crippen molar-refractivity contribution in [2.45, 2.75) is 43.5 Å². The van der Waals surface area contributed by atoms with Crippen LogP contribution in [-0.2, 0) is 16.4 Å². The Bertz CT molecular complexity index is 919. The number of piperidine rings is 1. The molecule has 1 saturated heterocycles. The summed E-state index contributed by atoms with van der Waals surface area (Å²) in [6.45, 7) is 6.68. The van der Waals surface area contributed by atoms with E-state index in [9.17, 15) is 8.42 Å². The maximum Gasteiger partial charge on any atom is 0.243 e. The molecule has 4 rings (SSSR count). The van der Waals surface area contributed by atoms with Crippen LogP contribution in [0.3, 0.4) is 0 Å². The van der Waals surface area contributed by atoms with E-state index in [1.54, 1.807) is 16.4 Å². The lowest BCUT2D eigenvalue weighted by Crippen LogP contribution is -2.52. The van der Waals surface area contributed by atoms with Crippen molar-refractivity contribution >= 4 is 10.0 Å². The topological polar surface area (TPSA) is 37.4 Å². The minimum Gasteiger partial charge on any atom is -0.207 e. The number of fused-ring (bicyclic) bond motifs is 1. The van der Waals surface area contributed by atoms with Crippen LogP contribution in [-0.4, -0.2) is 25.3 Å². The molecule has 2 aromatic carbocycles. The maximum atomic E-state index is 13.5. The largest absolute Gasteiger partial charge is 0.243 e. The van der Waals surface area contributed by atoms with Gasteiger partial charge in [0.2, 0.25) is 10.0 Å². The molecule has 2 aromatic rings. The Balaban J connectivity index is 1.73. The fraction of sp³-hybridized carbons (Fsp3) is 0.391. The fourth-order valence-corrected chi connectivity index (χ4v) is 6.50. The summed E-state index contributed by atoms with van der Waals surface area (Å²) in [5.74, 6) is 0.829. The summed E-state index contributed by atoms with van der Waals surface area (Å²) >= 11 is 0. The van der Waals surface area contributed by atoms with Gasteiger partial charge in [-0.3, -0.25) is 0 Å². The summed E-state index contributed by atoms with van der Waals surface area (Å²) in [4.78, 5) is 0.385. The highest BCUT2D eigenvalue weighted by molar-refractivity contribution is 7.89. The van der Waals surface area contributed by atoms with Gasteiger partial charge in [-0.05, 0) is 55.7 Å². The molecule has 0 unspecified atom stereocenters. The van der Waals surface area contributed by atoms with Crippen molar-refractivity contribution in [2.24, 2.45) is 11.8 Å². The Kier molecular flexibility index (Phi) is 4.95. The number of rotatable bonds is 4. The standard InChI is InChI=1S/C23H27NO2S/c1-17-11-13-20(14-12-17)27(25,26)24-16-18(2)21-9-6-10-22(21)23(24)15-19-7-4-3-5-8-19/h3-5,7-8,11-14,21-23H,2,6,9-10,15-16H2,1H3/t21-,22-,23+/m1/s1. The Morgan fingerprint density at radius 2 is 1.74 bits per heavy atom. The van der Waals surface area contributed by atoms with Crippen LogP contribution >= 0.6 is 0 Å². The molecule has 0 amide bonds. The molecule has 3 nitrogen and oxygen atoms in total. The van der Waals surface area contributed by atoms with Crippen molar-refractivity contribution in [3.63, 3.8) is 0 Å². The first-order valence-electron chi connectivity index (χ1n) is 9.77. The Morgan fingerprint density at radius 3 is 2.44 bits per heavy atom. The number of nitrogens with zero attached hydrogens (tertiary/aromatic N) is 1. The third kappa shape index (κ3) is 3.48. The molecule has 0 radical (unpaired) electrons. The zero-order valence-electron chi connectivity index (χ0n) is 15.8. The lowest BCUT2D eigenvalue weighted by Gasteiger charge is -2.43. The lowest BCUT2D eigenvalue weighted by molar-refractivity contribution is 0.177. The summed E-state index contributed by atoms with van der Waals surface area (Å²) < 4.78 is 28.8. The number of hydrogen-bond donors (Lipinski definition) is 0. The monoisotopic (exact) mass is 381 g/mol. The predicted octanol–water partition coefficient (Wildman–Crippen LogP) is 4.58. The number of sulfonamides is 1. The normalized spacial score (nSPS) is 26.1. The zero-order chi connectivity index (χ0) is 19.0. The van der Waals surface area contributed by atoms with Gasteiger partial charge in [-0.15, -0.1) is 0 Å². The number of hydrogen-bond acceptors (Lipinski definition) is 2. The number of aryl methyl sites for hydroxylation is 1. The molecule has 1 aliphatic carbocycles. The lowest BCUT2D eigenvalue weighted by atomic mass is 9.78. The van der Waals surface area contributed by atoms with Crippen LogP contribution < -0.4 is 0 Å². The molecular weight excluding hydrogens is 354 g/mol. The van der Waals surface area contributed by atoms with E-state index >= 15 is 0 Å². The average molecular weight is 382 g/mol. The zero-order valence-corrected chi connectivity index (χ0v) is 16.7. The van der Waals surface area contributed by atoms with Crippen LogP contribution in [0.5, 0.6) is 0 Å². The van der Waals surface area contributed by atoms with Crippen LogP contribution in [0.2, 0.25) is 0 Å². The van der Waals surface area contributed by atoms with Crippen molar-refractivity contribution in [3.8, 4) is 0 Å². The second-order valence-corrected chi connectivity index (χ2v) is 9.87. The van der Waals surface area contributed by atoms with E-state index < -0.39 is 10.0 Å². The van der Waals surface area contributed by atoms with E-state index in [4.69, 9.17) is 0 Å². The van der Waals surface area contributed by atoms with Gasteiger partial charge in [0.1, 0.15) is 0 Å². The SMILES string of the molecule is C=C1CN(S(=O)(=O)c2ccc(C)cc2)[C@@H](Cc2ccccc2)[C@@H]2CCC[C@H]12. The van der Waals surface area contributed by atoms with E-state index in [1.807, 2.05) is 37.3 Å². The summed E-state index contributed by atoms with van der Waals surface area (Å²) in [6, 6.07) is 17.5. The average Bonchev–Trinajstić information content (AvgIpc) is 3.16. The number of benzene rings is 2. The van der Waals surface area contributed by atoms with Crippen LogP contribution in [0.25, 0.3) is 0 Å². The summed E-state index contributed by atoms with van der Waals surface area (Å²) in [5, 5.41) is 0. The van der Waals surface area contributed by atoms with E-state index in [1.165, 1.54) is 5.56 Å². The highest BCUT2D eigenvalue weighted by atomic mass is 32.2. The first-order chi connectivity index (χ1) is 13.0. The molecule has 4 heteroatoms. The summed E-state index contributed by atoms with van der Waals surface area (Å²) in [5.41, 5.74) is 3.34. The third-order valence-corrected chi connectivity index (χ3v) is 8.12. The van der Waals surface area contributed by atoms with Crippen LogP contribution in [0.1, 0.15) is 30.4 Å². The van der Waals surface area contributed by atoms with Gasteiger partial charge in [0.05, 0.1) is 4.90 Å². The van der Waals surface area contributed by atoms with E-state index in [-0.39, 0.29) is 6.04 Å². The van der Waals surface area contributed by atoms with Gasteiger partial charge >= 0.3 is 0 Å². The molecule has 0 bridgehead atoms. The molecule has 1 heterocycles. The molecular formula is C23H27NO2S. The Morgan fingerprint density at radius 1 is 1.04 bits per heavy atom. The van der Waals surface area contributed by atoms with Crippen molar-refractivity contribution in [3.05, 3.63) is 77.9 Å². The fourth-order valence-electron chi connectivity index (χ4n) is 4.82. The molecule has 2 aliphatic rings. The molecule has 0 N–H and O–H groups in total. The highest BCUT2D eigenvalue weighted by Gasteiger charge is 2.46. The van der Waals surface area contributed by atoms with Crippen molar-refractivity contribution < 1.29 is 8.42 Å². The second kappa shape index (κ2) is 7.25. The smallest absolute Gasteiger partial charge is 0.207 e. The molecule has 2 fully saturated rings. The van der Waals surface area contributed by atoms with Gasteiger partial charge in [-0.1, -0.05) is 66.6 Å². The molecule has 142 valence electrons. The van der Waals surface area contributed by atoms with Crippen molar-refractivity contribution in [2.75, 3.05) is 6.54 Å². The van der Waals surface area contributed by atoms with Gasteiger partial charge in [0, 0.05) is 12.6 Å². The Labute approximate surface area is 162 Å². The van der Waals surface area contributed by atoms with Gasteiger partial charge in [0.25, 0.3) is 0 Å². The van der Waals surface area contributed by atoms with Crippen LogP contribution in [0.4, 0.5) is 0 Å². The third-order valence-electron chi connectivity index (χ3n) is 6.23. The molecule has 27 heavy (non-hydrogen) atoms. The molecule has 0 spiro atoms. The Hall–Kier alpha value is -1.91.